The lowest BCUT2D eigenvalue weighted by atomic mass is 10.00. The number of fused-ring (bicyclic) bond motifs is 1. The molecule has 0 aliphatic carbocycles. The largest absolute Gasteiger partial charge is 0.331 e. The van der Waals surface area contributed by atoms with Crippen LogP contribution in [0.5, 0.6) is 0 Å². The van der Waals surface area contributed by atoms with Crippen molar-refractivity contribution in [3.63, 3.8) is 0 Å². The third-order valence-electron chi connectivity index (χ3n) is 5.57. The highest BCUT2D eigenvalue weighted by Crippen LogP contribution is 2.30. The molecule has 1 fully saturated rings. The lowest BCUT2D eigenvalue weighted by Crippen LogP contribution is -2.25. The Hall–Kier alpha value is -2.20. The predicted molar refractivity (Wildman–Crippen MR) is 107 cm³/mol. The van der Waals surface area contributed by atoms with Crippen molar-refractivity contribution in [2.24, 2.45) is 13.0 Å². The predicted octanol–water partition coefficient (Wildman–Crippen LogP) is 4.39. The van der Waals surface area contributed by atoms with Gasteiger partial charge in [0.1, 0.15) is 5.82 Å². The van der Waals surface area contributed by atoms with Gasteiger partial charge < -0.3 is 9.47 Å². The Kier molecular flexibility index (Phi) is 4.53. The van der Waals surface area contributed by atoms with Gasteiger partial charge in [0.25, 0.3) is 0 Å². The standard InChI is InChI=1S/C22H28N4/c1-15(2)13-26-8-7-19(14-26)21-10-20-9-17(5-6-18(20)11-24-21)22-12-23-16(3)25(22)4/h5-6,9-12,15,19H,7-8,13-14H2,1-4H3. The van der Waals surface area contributed by atoms with E-state index in [4.69, 9.17) is 4.98 Å². The zero-order valence-electron chi connectivity index (χ0n) is 16.2. The van der Waals surface area contributed by atoms with Gasteiger partial charge in [-0.25, -0.2) is 4.98 Å². The first kappa shape index (κ1) is 17.2. The van der Waals surface area contributed by atoms with E-state index in [0.717, 1.165) is 24.0 Å². The number of hydrogen-bond acceptors (Lipinski definition) is 3. The van der Waals surface area contributed by atoms with E-state index >= 15 is 0 Å². The molecule has 4 nitrogen and oxygen atoms in total. The highest BCUT2D eigenvalue weighted by Gasteiger charge is 2.25. The van der Waals surface area contributed by atoms with E-state index in [-0.39, 0.29) is 0 Å². The summed E-state index contributed by atoms with van der Waals surface area (Å²) in [5, 5.41) is 2.47. The molecule has 1 aliphatic heterocycles. The van der Waals surface area contributed by atoms with E-state index < -0.39 is 0 Å². The monoisotopic (exact) mass is 348 g/mol. The van der Waals surface area contributed by atoms with Crippen LogP contribution in [0, 0.1) is 12.8 Å². The van der Waals surface area contributed by atoms with Crippen LogP contribution in [0.4, 0.5) is 0 Å². The SMILES string of the molecule is Cc1ncc(-c2ccc3cnc(C4CCN(CC(C)C)C4)cc3c2)n1C. The number of nitrogens with zero attached hydrogens (tertiary/aromatic N) is 4. The quantitative estimate of drug-likeness (QED) is 0.701. The molecule has 0 radical (unpaired) electrons. The summed E-state index contributed by atoms with van der Waals surface area (Å²) in [5.74, 6) is 2.32. The van der Waals surface area contributed by atoms with Crippen molar-refractivity contribution in [1.82, 2.24) is 19.4 Å². The molecule has 0 N–H and O–H groups in total. The van der Waals surface area contributed by atoms with Crippen molar-refractivity contribution < 1.29 is 0 Å². The molecule has 1 saturated heterocycles. The van der Waals surface area contributed by atoms with Crippen molar-refractivity contribution in [2.75, 3.05) is 19.6 Å². The molecular formula is C22H28N4. The van der Waals surface area contributed by atoms with Crippen LogP contribution in [0.2, 0.25) is 0 Å². The highest BCUT2D eigenvalue weighted by atomic mass is 15.1. The molecule has 0 spiro atoms. The summed E-state index contributed by atoms with van der Waals surface area (Å²) in [6.07, 6.45) is 5.21. The molecule has 1 aliphatic rings. The van der Waals surface area contributed by atoms with Crippen molar-refractivity contribution in [1.29, 1.82) is 0 Å². The number of hydrogen-bond donors (Lipinski definition) is 0. The number of aromatic nitrogens is 3. The van der Waals surface area contributed by atoms with Crippen LogP contribution in [0.15, 0.2) is 36.7 Å². The number of pyridine rings is 1. The van der Waals surface area contributed by atoms with Gasteiger partial charge in [-0.2, -0.15) is 0 Å². The fourth-order valence-electron chi connectivity index (χ4n) is 4.07. The zero-order valence-corrected chi connectivity index (χ0v) is 16.2. The summed E-state index contributed by atoms with van der Waals surface area (Å²) in [7, 11) is 2.07. The number of rotatable bonds is 4. The smallest absolute Gasteiger partial charge is 0.105 e. The molecular weight excluding hydrogens is 320 g/mol. The maximum absolute atomic E-state index is 4.78. The topological polar surface area (TPSA) is 34.0 Å². The van der Waals surface area contributed by atoms with E-state index in [1.54, 1.807) is 0 Å². The summed E-state index contributed by atoms with van der Waals surface area (Å²) < 4.78 is 2.14. The van der Waals surface area contributed by atoms with Crippen molar-refractivity contribution >= 4 is 10.8 Å². The van der Waals surface area contributed by atoms with Gasteiger partial charge in [0.2, 0.25) is 0 Å². The Morgan fingerprint density at radius 1 is 1.12 bits per heavy atom. The van der Waals surface area contributed by atoms with Gasteiger partial charge in [-0.3, -0.25) is 4.98 Å². The molecule has 1 aromatic carbocycles. The van der Waals surface area contributed by atoms with Gasteiger partial charge in [0.15, 0.2) is 0 Å². The first-order valence-corrected chi connectivity index (χ1v) is 9.62. The Bertz CT molecular complexity index is 925. The van der Waals surface area contributed by atoms with Gasteiger partial charge in [0.05, 0.1) is 11.9 Å². The van der Waals surface area contributed by atoms with E-state index in [1.807, 2.05) is 19.3 Å². The van der Waals surface area contributed by atoms with Gasteiger partial charge >= 0.3 is 0 Å². The second kappa shape index (κ2) is 6.84. The summed E-state index contributed by atoms with van der Waals surface area (Å²) >= 11 is 0. The second-order valence-electron chi connectivity index (χ2n) is 8.06. The minimum atomic E-state index is 0.556. The Morgan fingerprint density at radius 2 is 1.96 bits per heavy atom. The van der Waals surface area contributed by atoms with Crippen LogP contribution in [-0.4, -0.2) is 39.1 Å². The summed E-state index contributed by atoms with van der Waals surface area (Å²) in [4.78, 5) is 11.8. The van der Waals surface area contributed by atoms with Crippen molar-refractivity contribution in [3.05, 3.63) is 48.2 Å². The van der Waals surface area contributed by atoms with Gasteiger partial charge in [-0.1, -0.05) is 26.0 Å². The van der Waals surface area contributed by atoms with Crippen molar-refractivity contribution in [2.45, 2.75) is 33.1 Å². The first-order valence-electron chi connectivity index (χ1n) is 9.62. The Balaban J connectivity index is 1.63. The molecule has 1 atom stereocenters. The van der Waals surface area contributed by atoms with Crippen LogP contribution in [0.1, 0.15) is 37.7 Å². The summed E-state index contributed by atoms with van der Waals surface area (Å²) in [6.45, 7) is 10.1. The van der Waals surface area contributed by atoms with Gasteiger partial charge in [0, 0.05) is 48.9 Å². The number of benzene rings is 1. The molecule has 1 unspecified atom stereocenters. The molecule has 136 valence electrons. The van der Waals surface area contributed by atoms with Crippen LogP contribution >= 0.6 is 0 Å². The van der Waals surface area contributed by atoms with Gasteiger partial charge in [-0.15, -0.1) is 0 Å². The molecule has 0 saturated carbocycles. The van der Waals surface area contributed by atoms with Crippen LogP contribution in [-0.2, 0) is 7.05 Å². The maximum atomic E-state index is 4.78. The Morgan fingerprint density at radius 3 is 2.69 bits per heavy atom. The lowest BCUT2D eigenvalue weighted by molar-refractivity contribution is 0.294. The second-order valence-corrected chi connectivity index (χ2v) is 8.06. The molecule has 0 amide bonds. The summed E-state index contributed by atoms with van der Waals surface area (Å²) in [6, 6.07) is 8.91. The first-order chi connectivity index (χ1) is 12.5. The molecule has 4 heteroatoms. The average Bonchev–Trinajstić information content (AvgIpc) is 3.21. The van der Waals surface area contributed by atoms with Crippen LogP contribution in [0.3, 0.4) is 0 Å². The zero-order chi connectivity index (χ0) is 18.3. The highest BCUT2D eigenvalue weighted by molar-refractivity contribution is 5.86. The van der Waals surface area contributed by atoms with Crippen LogP contribution in [0.25, 0.3) is 22.0 Å². The number of imidazole rings is 1. The number of aryl methyl sites for hydroxylation is 1. The minimum absolute atomic E-state index is 0.556. The fourth-order valence-corrected chi connectivity index (χ4v) is 4.07. The molecule has 0 bridgehead atoms. The molecule has 3 heterocycles. The normalized spacial score (nSPS) is 18.3. The maximum Gasteiger partial charge on any atom is 0.105 e. The van der Waals surface area contributed by atoms with E-state index in [1.165, 1.54) is 41.5 Å². The molecule has 26 heavy (non-hydrogen) atoms. The average molecular weight is 348 g/mol. The number of likely N-dealkylation sites (tertiary alicyclic amines) is 1. The minimum Gasteiger partial charge on any atom is -0.331 e. The van der Waals surface area contributed by atoms with E-state index in [0.29, 0.717) is 5.92 Å². The van der Waals surface area contributed by atoms with E-state index in [2.05, 4.69) is 59.6 Å². The van der Waals surface area contributed by atoms with Gasteiger partial charge in [-0.05, 0) is 43.3 Å². The Labute approximate surface area is 155 Å². The van der Waals surface area contributed by atoms with Crippen molar-refractivity contribution in [3.8, 4) is 11.3 Å². The van der Waals surface area contributed by atoms with E-state index in [9.17, 15) is 0 Å². The molecule has 3 aromatic rings. The fraction of sp³-hybridized carbons (Fsp3) is 0.455. The lowest BCUT2D eigenvalue weighted by Gasteiger charge is -2.18. The third kappa shape index (κ3) is 3.26. The summed E-state index contributed by atoms with van der Waals surface area (Å²) in [5.41, 5.74) is 3.61. The molecule has 2 aromatic heterocycles. The van der Waals surface area contributed by atoms with Crippen LogP contribution < -0.4 is 0 Å². The third-order valence-corrected chi connectivity index (χ3v) is 5.57. The molecule has 4 rings (SSSR count).